The summed E-state index contributed by atoms with van der Waals surface area (Å²) in [4.78, 5) is 75.4. The Morgan fingerprint density at radius 1 is 0.382 bits per heavy atom. The molecule has 4 fully saturated rings. The van der Waals surface area contributed by atoms with Crippen molar-refractivity contribution in [1.29, 1.82) is 0 Å². The molecule has 2 saturated heterocycles. The number of rotatable bonds is 22. The highest BCUT2D eigenvalue weighted by atomic mass is 32.1. The maximum atomic E-state index is 14.5. The van der Waals surface area contributed by atoms with E-state index in [-0.39, 0.29) is 76.2 Å². The minimum atomic E-state index is -1.42. The molecule has 1 atom stereocenters. The number of ether oxygens (including phenoxy) is 1. The summed E-state index contributed by atoms with van der Waals surface area (Å²) in [6, 6.07) is 34.8. The van der Waals surface area contributed by atoms with Crippen LogP contribution < -0.4 is 31.9 Å². The first-order valence-corrected chi connectivity index (χ1v) is 45.3. The summed E-state index contributed by atoms with van der Waals surface area (Å²) in [7, 11) is 1.70. The second-order valence-corrected chi connectivity index (χ2v) is 34.9. The van der Waals surface area contributed by atoms with E-state index in [0.717, 1.165) is 65.5 Å². The SMILES string of the molecule is CC(=O)N1CCC(C(=O)Nc2cc3c(/C=C/c4ccc(F)c(F)c4)n[nH]c3cc2F)CC1.CNC1(C(=O)Nc2cc3c(/C=C/c4ccc(F)c(F)c4)n[nH]c3cc2F)CC1.O=C(Cc1cccs1)Nc1cc2c(/C=C/c3ccc(F)c(F)c3)n[nH]c2cc1F.O=C(Nc1cc2c(/C=C/c3ccc(F)c(F)c3)n[nH]c2cc1F)C1(O)CC1.O=C(Nc1cc2c(/C=C/c3ccc(F)c(F)c3)n[nH]c2cc1F)C1CCOC1. The van der Waals surface area contributed by atoms with Crippen LogP contribution in [0, 0.1) is 99.1 Å². The molecule has 41 heteroatoms. The lowest BCUT2D eigenvalue weighted by atomic mass is 9.95. The van der Waals surface area contributed by atoms with Crippen molar-refractivity contribution in [2.24, 2.45) is 11.8 Å². The van der Waals surface area contributed by atoms with E-state index < -0.39 is 104 Å². The lowest BCUT2D eigenvalue weighted by Gasteiger charge is -2.30. The molecule has 738 valence electrons. The monoisotopic (exact) mass is 2000 g/mol. The van der Waals surface area contributed by atoms with Crippen molar-refractivity contribution in [3.63, 3.8) is 0 Å². The fourth-order valence-corrected chi connectivity index (χ4v) is 16.0. The quantitative estimate of drug-likeness (QED) is 0.0281. The highest BCUT2D eigenvalue weighted by Gasteiger charge is 2.49. The predicted octanol–water partition coefficient (Wildman–Crippen LogP) is 21.3. The summed E-state index contributed by atoms with van der Waals surface area (Å²) in [5.74, 6) is -14.9. The molecule has 2 aliphatic carbocycles. The van der Waals surface area contributed by atoms with Crippen molar-refractivity contribution in [2.45, 2.75) is 69.4 Å². The molecule has 8 heterocycles. The van der Waals surface area contributed by atoms with E-state index in [4.69, 9.17) is 4.74 Å². The Morgan fingerprint density at radius 2 is 0.694 bits per heavy atom. The number of likely N-dealkylation sites (tertiary alicyclic amines) is 1. The number of aromatic nitrogens is 10. The summed E-state index contributed by atoms with van der Waals surface area (Å²) in [6.07, 6.45) is 19.6. The van der Waals surface area contributed by atoms with Gasteiger partial charge >= 0.3 is 0 Å². The van der Waals surface area contributed by atoms with Crippen LogP contribution in [0.25, 0.3) is 115 Å². The van der Waals surface area contributed by atoms with Crippen LogP contribution >= 0.6 is 11.3 Å². The number of nitrogens with zero attached hydrogens (tertiary/aromatic N) is 6. The molecule has 6 aromatic heterocycles. The van der Waals surface area contributed by atoms with Gasteiger partial charge < -0.3 is 46.6 Å². The Morgan fingerprint density at radius 3 is 0.972 bits per heavy atom. The normalized spacial score (nSPS) is 14.8. The zero-order valence-corrected chi connectivity index (χ0v) is 76.5. The third-order valence-electron chi connectivity index (χ3n) is 23.9. The van der Waals surface area contributed by atoms with Gasteiger partial charge in [0.15, 0.2) is 58.2 Å². The number of carbonyl (C=O) groups excluding carboxylic acids is 6. The number of piperidine rings is 1. The first-order chi connectivity index (χ1) is 69.1. The van der Waals surface area contributed by atoms with E-state index in [1.165, 1.54) is 115 Å². The smallest absolute Gasteiger partial charge is 0.256 e. The second-order valence-electron chi connectivity index (χ2n) is 33.9. The predicted molar refractivity (Wildman–Crippen MR) is 517 cm³/mol. The molecule has 2 saturated carbocycles. The standard InChI is InChI=1S/C23H21F3N4O2.C21H14F3N3OS.C20H17F3N4O.C20H16F3N3O2.C19H14F3N3O2/c1-13(31)30-8-6-15(7-9-30)23(32)27-22-11-16-20(28-29-21(16)12-19(22)26)5-3-14-2-4-17(24)18(25)10-14;22-15-5-3-12(8-16(15)23)4-6-18-14-10-20(17(24)11-19(14)27-26-18)25-21(28)9-13-2-1-7-29-13;1-24-20(6-7-20)19(28)25-18-9-12-16(26-27-17(12)10-15(18)23)5-3-11-2-4-13(21)14(22)8-11;21-14-3-1-11(7-15(14)22)2-4-17-13-8-19(16(23)9-18(13)26-25-17)24-20(27)12-5-6-28-10-12;20-12-3-1-10(7-13(12)21)2-4-15-11-8-17(14(22)9-16(11)25-24-15)23-18(26)19(27)5-6-19/h2-5,10-12,15H,6-9H2,1H3,(H,27,32)(H,28,29);1-8,10-11H,9H2,(H,25,28)(H,26,27);2-5,8-10,24H,6-7H2,1H3,(H,25,28)(H,26,27);1-4,7-9,12H,5-6,10H2,(H,24,27)(H,25,26);1-4,7-9,27H,5-6H2,(H,23,26)(H,24,25)/b5-3+;6-4+;5-3+;2*4-2+. The van der Waals surface area contributed by atoms with Crippen LogP contribution in [0.1, 0.15) is 113 Å². The number of fused-ring (bicyclic) bond motifs is 5. The van der Waals surface area contributed by atoms with Crippen molar-refractivity contribution < 1.29 is 104 Å². The molecule has 6 amide bonds. The zero-order chi connectivity index (χ0) is 102. The van der Waals surface area contributed by atoms with Gasteiger partial charge in [-0.2, -0.15) is 25.5 Å². The average molecular weight is 2000 g/mol. The number of thiophene rings is 1. The summed E-state index contributed by atoms with van der Waals surface area (Å²) < 4.78 is 209. The number of aliphatic hydroxyl groups is 1. The first kappa shape index (κ1) is 101. The number of hydrogen-bond donors (Lipinski definition) is 12. The van der Waals surface area contributed by atoms with Crippen molar-refractivity contribution in [2.75, 3.05) is 59.9 Å². The van der Waals surface area contributed by atoms with E-state index >= 15 is 0 Å². The van der Waals surface area contributed by atoms with Gasteiger partial charge in [0.1, 0.15) is 34.7 Å². The topological polar surface area (TPSA) is 351 Å². The summed E-state index contributed by atoms with van der Waals surface area (Å²) in [5.41, 5.74) is 4.76. The molecule has 25 nitrogen and oxygen atoms in total. The van der Waals surface area contributed by atoms with Crippen LogP contribution in [0.3, 0.4) is 0 Å². The highest BCUT2D eigenvalue weighted by Crippen LogP contribution is 2.40. The van der Waals surface area contributed by atoms with Gasteiger partial charge in [0.25, 0.3) is 5.91 Å². The van der Waals surface area contributed by atoms with Gasteiger partial charge in [0.05, 0.1) is 109 Å². The lowest BCUT2D eigenvalue weighted by Crippen LogP contribution is -2.40. The number of H-pyrrole nitrogens is 5. The maximum Gasteiger partial charge on any atom is 0.256 e. The molecule has 1 unspecified atom stereocenters. The van der Waals surface area contributed by atoms with Crippen LogP contribution in [0.4, 0.5) is 94.3 Å². The number of halogens is 15. The fourth-order valence-electron chi connectivity index (χ4n) is 15.3. The van der Waals surface area contributed by atoms with Crippen molar-refractivity contribution in [3.8, 4) is 0 Å². The minimum Gasteiger partial charge on any atom is -0.381 e. The van der Waals surface area contributed by atoms with Gasteiger partial charge in [-0.15, -0.1) is 11.3 Å². The molecular formula is C103H82F15N17O8S. The summed E-state index contributed by atoms with van der Waals surface area (Å²) in [5, 5.41) is 64.4. The van der Waals surface area contributed by atoms with Crippen LogP contribution in [-0.2, 0) is 39.9 Å². The van der Waals surface area contributed by atoms with Crippen LogP contribution in [0.2, 0.25) is 0 Å². The molecule has 16 aromatic rings. The fraction of sp³-hybridized carbons (Fsp3) is 0.175. The van der Waals surface area contributed by atoms with Crippen molar-refractivity contribution in [3.05, 3.63) is 318 Å². The third-order valence-corrected chi connectivity index (χ3v) is 24.8. The van der Waals surface area contributed by atoms with Gasteiger partial charge in [-0.05, 0) is 213 Å². The maximum absolute atomic E-state index is 14.5. The number of anilines is 5. The molecule has 20 rings (SSSR count). The zero-order valence-electron chi connectivity index (χ0n) is 75.6. The van der Waals surface area contributed by atoms with Gasteiger partial charge in [-0.1, -0.05) is 66.8 Å². The molecule has 10 aromatic carbocycles. The Labute approximate surface area is 810 Å². The van der Waals surface area contributed by atoms with Crippen LogP contribution in [0.5, 0.6) is 0 Å². The Balaban J connectivity index is 0.000000129. The van der Waals surface area contributed by atoms with Crippen LogP contribution in [0.15, 0.2) is 169 Å². The molecule has 4 aliphatic rings. The van der Waals surface area contributed by atoms with E-state index in [0.29, 0.717) is 182 Å². The molecule has 0 spiro atoms. The number of hydrogen-bond acceptors (Lipinski definition) is 15. The number of aromatic amines is 5. The van der Waals surface area contributed by atoms with Gasteiger partial charge in [0.2, 0.25) is 29.5 Å². The van der Waals surface area contributed by atoms with Gasteiger partial charge in [0, 0.05) is 94.7 Å². The molecule has 2 aliphatic heterocycles. The number of likely N-dealkylation sites (N-methyl/N-ethyl adjacent to an activating group) is 1. The molecule has 0 bridgehead atoms. The number of amides is 6. The molecule has 12 N–H and O–H groups in total. The third kappa shape index (κ3) is 24.2. The minimum absolute atomic E-state index is 0.0238. The Hall–Kier alpha value is -16.4. The number of carbonyl (C=O) groups is 6. The van der Waals surface area contributed by atoms with E-state index in [1.807, 2.05) is 17.5 Å². The lowest BCUT2D eigenvalue weighted by molar-refractivity contribution is -0.132. The summed E-state index contributed by atoms with van der Waals surface area (Å²) in [6.45, 7) is 3.32. The van der Waals surface area contributed by atoms with Gasteiger partial charge in [-0.3, -0.25) is 54.3 Å². The molecule has 0 radical (unpaired) electrons. The van der Waals surface area contributed by atoms with E-state index in [9.17, 15) is 99.7 Å². The van der Waals surface area contributed by atoms with Crippen molar-refractivity contribution in [1.82, 2.24) is 61.2 Å². The average Bonchev–Trinajstić information content (AvgIpc) is 1.62. The van der Waals surface area contributed by atoms with Crippen LogP contribution in [-0.4, -0.2) is 141 Å². The Kier molecular flexibility index (Phi) is 30.6. The largest absolute Gasteiger partial charge is 0.381 e. The van der Waals surface area contributed by atoms with E-state index in [2.05, 4.69) is 82.9 Å². The van der Waals surface area contributed by atoms with Gasteiger partial charge in [-0.25, -0.2) is 65.9 Å². The Bertz CT molecular complexity index is 7790. The molecular weight excluding hydrogens is 1920 g/mol. The molecule has 144 heavy (non-hydrogen) atoms. The number of nitrogens with one attached hydrogen (secondary N) is 11. The summed E-state index contributed by atoms with van der Waals surface area (Å²) >= 11 is 1.45. The second kappa shape index (κ2) is 43.8. The van der Waals surface area contributed by atoms with Crippen molar-refractivity contribution >= 4 is 190 Å². The first-order valence-electron chi connectivity index (χ1n) is 44.4. The van der Waals surface area contributed by atoms with E-state index in [1.54, 1.807) is 66.6 Å². The highest BCUT2D eigenvalue weighted by molar-refractivity contribution is 7.10. The number of benzene rings is 10.